The van der Waals surface area contributed by atoms with Crippen LogP contribution >= 0.6 is 0 Å². The van der Waals surface area contributed by atoms with Crippen LogP contribution in [0.25, 0.3) is 0 Å². The summed E-state index contributed by atoms with van der Waals surface area (Å²) in [4.78, 5) is 0. The molecule has 1 heterocycles. The Kier molecular flexibility index (Phi) is 4.29. The van der Waals surface area contributed by atoms with E-state index in [9.17, 15) is 0 Å². The van der Waals surface area contributed by atoms with Crippen molar-refractivity contribution in [1.82, 2.24) is 9.78 Å². The lowest BCUT2D eigenvalue weighted by Crippen LogP contribution is -2.12. The molecule has 0 saturated carbocycles. The number of hydrogen-bond donors (Lipinski definition) is 1. The Bertz CT molecular complexity index is 319. The fourth-order valence-electron chi connectivity index (χ4n) is 1.56. The van der Waals surface area contributed by atoms with Gasteiger partial charge in [-0.15, -0.1) is 0 Å². The van der Waals surface area contributed by atoms with Gasteiger partial charge >= 0.3 is 0 Å². The smallest absolute Gasteiger partial charge is 0.0718 e. The molecule has 1 rings (SSSR count). The van der Waals surface area contributed by atoms with E-state index < -0.39 is 0 Å². The van der Waals surface area contributed by atoms with E-state index >= 15 is 0 Å². The van der Waals surface area contributed by atoms with E-state index in [0.29, 0.717) is 6.61 Å². The summed E-state index contributed by atoms with van der Waals surface area (Å²) in [5.41, 5.74) is 2.86. The van der Waals surface area contributed by atoms with Crippen LogP contribution in [0.5, 0.6) is 0 Å². The van der Waals surface area contributed by atoms with Crippen LogP contribution in [0.1, 0.15) is 30.8 Å². The molecule has 0 radical (unpaired) electrons. The number of aryl methyl sites for hydroxylation is 1. The Morgan fingerprint density at radius 2 is 2.07 bits per heavy atom. The van der Waals surface area contributed by atoms with Crippen molar-refractivity contribution in [3.63, 3.8) is 0 Å². The van der Waals surface area contributed by atoms with Crippen molar-refractivity contribution < 1.29 is 9.84 Å². The lowest BCUT2D eigenvalue weighted by molar-refractivity contribution is 0.0706. The van der Waals surface area contributed by atoms with Crippen LogP contribution < -0.4 is 0 Å². The van der Waals surface area contributed by atoms with Crippen LogP contribution in [-0.4, -0.2) is 27.6 Å². The number of aromatic nitrogens is 2. The van der Waals surface area contributed by atoms with Gasteiger partial charge < -0.3 is 9.84 Å². The molecule has 1 N–H and O–H groups in total. The number of rotatable bonds is 5. The van der Waals surface area contributed by atoms with E-state index in [1.165, 1.54) is 0 Å². The van der Waals surface area contributed by atoms with Crippen molar-refractivity contribution >= 4 is 0 Å². The molecule has 0 atom stereocenters. The molecule has 0 spiro atoms. The topological polar surface area (TPSA) is 47.3 Å². The van der Waals surface area contributed by atoms with Crippen LogP contribution in [0.15, 0.2) is 0 Å². The molecule has 1 aromatic rings. The SMILES string of the molecule is Cc1nn(CCOC(C)C)c(C)c1CO. The Morgan fingerprint density at radius 3 is 2.53 bits per heavy atom. The van der Waals surface area contributed by atoms with Crippen molar-refractivity contribution in [3.05, 3.63) is 17.0 Å². The maximum absolute atomic E-state index is 9.14. The van der Waals surface area contributed by atoms with Crippen molar-refractivity contribution in [3.8, 4) is 0 Å². The third kappa shape index (κ3) is 3.04. The van der Waals surface area contributed by atoms with Crippen LogP contribution in [-0.2, 0) is 17.9 Å². The highest BCUT2D eigenvalue weighted by atomic mass is 16.5. The first-order chi connectivity index (χ1) is 7.06. The number of aliphatic hydroxyl groups is 1. The van der Waals surface area contributed by atoms with Gasteiger partial charge in [0.25, 0.3) is 0 Å². The highest BCUT2D eigenvalue weighted by molar-refractivity contribution is 5.23. The predicted octanol–water partition coefficient (Wildman–Crippen LogP) is 1.42. The normalized spacial score (nSPS) is 11.3. The standard InChI is InChI=1S/C11H20N2O2/c1-8(2)15-6-5-13-10(4)11(7-14)9(3)12-13/h8,14H,5-7H2,1-4H3. The largest absolute Gasteiger partial charge is 0.392 e. The summed E-state index contributed by atoms with van der Waals surface area (Å²) in [5, 5.41) is 13.5. The van der Waals surface area contributed by atoms with E-state index in [2.05, 4.69) is 5.10 Å². The molecular formula is C11H20N2O2. The van der Waals surface area contributed by atoms with Crippen LogP contribution in [0.4, 0.5) is 0 Å². The molecule has 4 heteroatoms. The molecule has 86 valence electrons. The van der Waals surface area contributed by atoms with E-state index in [1.54, 1.807) is 0 Å². The lowest BCUT2D eigenvalue weighted by atomic mass is 10.2. The Balaban J connectivity index is 2.62. The summed E-state index contributed by atoms with van der Waals surface area (Å²) < 4.78 is 7.35. The van der Waals surface area contributed by atoms with E-state index in [-0.39, 0.29) is 12.7 Å². The summed E-state index contributed by atoms with van der Waals surface area (Å²) in [6.45, 7) is 9.37. The highest BCUT2D eigenvalue weighted by Gasteiger charge is 2.09. The summed E-state index contributed by atoms with van der Waals surface area (Å²) in [7, 11) is 0. The molecule has 0 aliphatic heterocycles. The molecule has 0 aliphatic rings. The number of ether oxygens (including phenoxy) is 1. The van der Waals surface area contributed by atoms with Crippen molar-refractivity contribution in [2.75, 3.05) is 6.61 Å². The minimum atomic E-state index is 0.0582. The van der Waals surface area contributed by atoms with Gasteiger partial charge in [0.05, 0.1) is 31.6 Å². The Hall–Kier alpha value is -0.870. The van der Waals surface area contributed by atoms with Crippen molar-refractivity contribution in [2.24, 2.45) is 0 Å². The molecule has 0 fully saturated rings. The number of aliphatic hydroxyl groups excluding tert-OH is 1. The second-order valence-electron chi connectivity index (χ2n) is 3.95. The maximum atomic E-state index is 9.14. The minimum absolute atomic E-state index is 0.0582. The summed E-state index contributed by atoms with van der Waals surface area (Å²) in [5.74, 6) is 0. The van der Waals surface area contributed by atoms with Crippen molar-refractivity contribution in [1.29, 1.82) is 0 Å². The molecule has 15 heavy (non-hydrogen) atoms. The molecule has 0 bridgehead atoms. The fourth-order valence-corrected chi connectivity index (χ4v) is 1.56. The summed E-state index contributed by atoms with van der Waals surface area (Å²) >= 11 is 0. The quantitative estimate of drug-likeness (QED) is 0.803. The van der Waals surface area contributed by atoms with Crippen LogP contribution in [0.3, 0.4) is 0 Å². The second-order valence-corrected chi connectivity index (χ2v) is 3.95. The van der Waals surface area contributed by atoms with Gasteiger partial charge in [-0.2, -0.15) is 5.10 Å². The molecule has 0 saturated heterocycles. The molecule has 0 unspecified atom stereocenters. The van der Waals surface area contributed by atoms with Gasteiger partial charge in [0, 0.05) is 11.3 Å². The molecule has 4 nitrogen and oxygen atoms in total. The Labute approximate surface area is 90.9 Å². The van der Waals surface area contributed by atoms with E-state index in [4.69, 9.17) is 9.84 Å². The number of nitrogens with zero attached hydrogens (tertiary/aromatic N) is 2. The first kappa shape index (κ1) is 12.2. The highest BCUT2D eigenvalue weighted by Crippen LogP contribution is 2.12. The van der Waals surface area contributed by atoms with E-state index in [0.717, 1.165) is 23.5 Å². The summed E-state index contributed by atoms with van der Waals surface area (Å²) in [6, 6.07) is 0. The first-order valence-electron chi connectivity index (χ1n) is 5.31. The van der Waals surface area contributed by atoms with Gasteiger partial charge in [0.1, 0.15) is 0 Å². The minimum Gasteiger partial charge on any atom is -0.392 e. The lowest BCUT2D eigenvalue weighted by Gasteiger charge is -2.08. The van der Waals surface area contributed by atoms with Crippen LogP contribution in [0, 0.1) is 13.8 Å². The molecule has 1 aromatic heterocycles. The maximum Gasteiger partial charge on any atom is 0.0718 e. The third-order valence-corrected chi connectivity index (χ3v) is 2.44. The molecular weight excluding hydrogens is 192 g/mol. The zero-order chi connectivity index (χ0) is 11.4. The van der Waals surface area contributed by atoms with Gasteiger partial charge in [-0.25, -0.2) is 0 Å². The van der Waals surface area contributed by atoms with Gasteiger partial charge in [0.15, 0.2) is 0 Å². The van der Waals surface area contributed by atoms with E-state index in [1.807, 2.05) is 32.4 Å². The van der Waals surface area contributed by atoms with Gasteiger partial charge in [-0.3, -0.25) is 4.68 Å². The van der Waals surface area contributed by atoms with Gasteiger partial charge in [0.2, 0.25) is 0 Å². The predicted molar refractivity (Wildman–Crippen MR) is 58.7 cm³/mol. The second kappa shape index (κ2) is 5.28. The van der Waals surface area contributed by atoms with Crippen LogP contribution in [0.2, 0.25) is 0 Å². The van der Waals surface area contributed by atoms with Gasteiger partial charge in [-0.1, -0.05) is 0 Å². The Morgan fingerprint density at radius 1 is 1.40 bits per heavy atom. The number of hydrogen-bond acceptors (Lipinski definition) is 3. The molecule has 0 aromatic carbocycles. The first-order valence-corrected chi connectivity index (χ1v) is 5.31. The molecule has 0 aliphatic carbocycles. The zero-order valence-electron chi connectivity index (χ0n) is 9.95. The van der Waals surface area contributed by atoms with Crippen molar-refractivity contribution in [2.45, 2.75) is 47.0 Å². The monoisotopic (exact) mass is 212 g/mol. The van der Waals surface area contributed by atoms with Gasteiger partial charge in [-0.05, 0) is 27.7 Å². The third-order valence-electron chi connectivity index (χ3n) is 2.44. The zero-order valence-corrected chi connectivity index (χ0v) is 9.95. The fraction of sp³-hybridized carbons (Fsp3) is 0.727. The molecule has 0 amide bonds. The average Bonchev–Trinajstić information content (AvgIpc) is 2.41. The average molecular weight is 212 g/mol. The summed E-state index contributed by atoms with van der Waals surface area (Å²) in [6.07, 6.45) is 0.249.